The second-order valence-electron chi connectivity index (χ2n) is 5.41. The number of nitrogens with zero attached hydrogens (tertiary/aromatic N) is 2. The average Bonchev–Trinajstić information content (AvgIpc) is 2.86. The SMILES string of the molecule is CCc1c(C)sc2ncn(Cc3ccc(C(N)=S)cc3)c(=O)c12. The maximum Gasteiger partial charge on any atom is 0.262 e. The van der Waals surface area contributed by atoms with Crippen LogP contribution in [0.15, 0.2) is 35.4 Å². The summed E-state index contributed by atoms with van der Waals surface area (Å²) in [5, 5.41) is 0.761. The Bertz CT molecular complexity index is 939. The summed E-state index contributed by atoms with van der Waals surface area (Å²) in [5.41, 5.74) is 8.58. The highest BCUT2D eigenvalue weighted by Crippen LogP contribution is 2.26. The number of benzene rings is 1. The minimum absolute atomic E-state index is 0.0228. The van der Waals surface area contributed by atoms with Crippen molar-refractivity contribution >= 4 is 38.8 Å². The molecule has 0 saturated carbocycles. The predicted octanol–water partition coefficient (Wildman–Crippen LogP) is 3.01. The molecule has 2 heterocycles. The van der Waals surface area contributed by atoms with Gasteiger partial charge in [-0.1, -0.05) is 43.4 Å². The zero-order chi connectivity index (χ0) is 16.6. The third-order valence-electron chi connectivity index (χ3n) is 3.92. The van der Waals surface area contributed by atoms with E-state index in [0.29, 0.717) is 11.5 Å². The molecule has 3 rings (SSSR count). The van der Waals surface area contributed by atoms with Gasteiger partial charge in [0.05, 0.1) is 18.3 Å². The first-order valence-electron chi connectivity index (χ1n) is 7.37. The Morgan fingerprint density at radius 3 is 2.65 bits per heavy atom. The van der Waals surface area contributed by atoms with Crippen molar-refractivity contribution in [2.45, 2.75) is 26.8 Å². The zero-order valence-electron chi connectivity index (χ0n) is 13.0. The molecular formula is C17H17N3OS2. The van der Waals surface area contributed by atoms with Crippen LogP contribution in [0.25, 0.3) is 10.2 Å². The molecule has 0 aliphatic carbocycles. The Labute approximate surface area is 143 Å². The van der Waals surface area contributed by atoms with E-state index < -0.39 is 0 Å². The first-order valence-corrected chi connectivity index (χ1v) is 8.60. The third kappa shape index (κ3) is 2.92. The van der Waals surface area contributed by atoms with Gasteiger partial charge in [0.2, 0.25) is 0 Å². The van der Waals surface area contributed by atoms with Crippen molar-refractivity contribution in [3.05, 3.63) is 62.5 Å². The lowest BCUT2D eigenvalue weighted by molar-refractivity contribution is 0.748. The molecule has 2 N–H and O–H groups in total. The monoisotopic (exact) mass is 343 g/mol. The molecule has 0 atom stereocenters. The molecule has 4 nitrogen and oxygen atoms in total. The maximum atomic E-state index is 12.8. The molecule has 0 spiro atoms. The van der Waals surface area contributed by atoms with Crippen molar-refractivity contribution in [3.63, 3.8) is 0 Å². The van der Waals surface area contributed by atoms with Gasteiger partial charge in [0, 0.05) is 10.4 Å². The second-order valence-corrected chi connectivity index (χ2v) is 7.05. The molecule has 1 aromatic carbocycles. The van der Waals surface area contributed by atoms with Gasteiger partial charge in [-0.2, -0.15) is 0 Å². The number of rotatable bonds is 4. The average molecular weight is 343 g/mol. The minimum atomic E-state index is 0.0228. The van der Waals surface area contributed by atoms with Gasteiger partial charge in [0.25, 0.3) is 5.56 Å². The van der Waals surface area contributed by atoms with Gasteiger partial charge in [0.15, 0.2) is 0 Å². The highest BCUT2D eigenvalue weighted by molar-refractivity contribution is 7.80. The smallest absolute Gasteiger partial charge is 0.262 e. The minimum Gasteiger partial charge on any atom is -0.389 e. The number of thiocarbonyl (C=S) groups is 1. The number of aryl methyl sites for hydroxylation is 2. The van der Waals surface area contributed by atoms with Crippen LogP contribution in [0.1, 0.15) is 28.5 Å². The van der Waals surface area contributed by atoms with E-state index in [1.807, 2.05) is 31.2 Å². The molecule has 2 aromatic heterocycles. The predicted molar refractivity (Wildman–Crippen MR) is 99.4 cm³/mol. The van der Waals surface area contributed by atoms with Gasteiger partial charge < -0.3 is 5.73 Å². The summed E-state index contributed by atoms with van der Waals surface area (Å²) in [6.07, 6.45) is 2.47. The van der Waals surface area contributed by atoms with Crippen LogP contribution in [0.5, 0.6) is 0 Å². The van der Waals surface area contributed by atoms with E-state index in [0.717, 1.165) is 33.3 Å². The van der Waals surface area contributed by atoms with E-state index in [2.05, 4.69) is 11.9 Å². The summed E-state index contributed by atoms with van der Waals surface area (Å²) in [4.78, 5) is 19.6. The normalized spacial score (nSPS) is 11.0. The van der Waals surface area contributed by atoms with Gasteiger partial charge >= 0.3 is 0 Å². The number of nitrogens with two attached hydrogens (primary N) is 1. The lowest BCUT2D eigenvalue weighted by Gasteiger charge is -2.07. The molecule has 23 heavy (non-hydrogen) atoms. The van der Waals surface area contributed by atoms with Crippen LogP contribution >= 0.6 is 23.6 Å². The van der Waals surface area contributed by atoms with Crippen LogP contribution in [0, 0.1) is 6.92 Å². The molecule has 118 valence electrons. The Kier molecular flexibility index (Phi) is 4.28. The number of hydrogen-bond donors (Lipinski definition) is 1. The van der Waals surface area contributed by atoms with Crippen LogP contribution in [-0.4, -0.2) is 14.5 Å². The van der Waals surface area contributed by atoms with Gasteiger partial charge in [0.1, 0.15) is 9.82 Å². The second kappa shape index (κ2) is 6.22. The molecule has 0 amide bonds. The number of aromatic nitrogens is 2. The van der Waals surface area contributed by atoms with Crippen molar-refractivity contribution in [1.29, 1.82) is 0 Å². The van der Waals surface area contributed by atoms with Crippen molar-refractivity contribution in [1.82, 2.24) is 9.55 Å². The number of fused-ring (bicyclic) bond motifs is 1. The fourth-order valence-electron chi connectivity index (χ4n) is 2.70. The Morgan fingerprint density at radius 2 is 2.04 bits per heavy atom. The van der Waals surface area contributed by atoms with Crippen molar-refractivity contribution in [2.75, 3.05) is 0 Å². The Balaban J connectivity index is 2.02. The summed E-state index contributed by atoms with van der Waals surface area (Å²) in [5.74, 6) is 0. The van der Waals surface area contributed by atoms with E-state index in [4.69, 9.17) is 18.0 Å². The van der Waals surface area contributed by atoms with E-state index in [-0.39, 0.29) is 5.56 Å². The summed E-state index contributed by atoms with van der Waals surface area (Å²) in [6, 6.07) is 7.62. The maximum absolute atomic E-state index is 12.8. The van der Waals surface area contributed by atoms with E-state index in [9.17, 15) is 4.79 Å². The molecule has 0 aliphatic heterocycles. The summed E-state index contributed by atoms with van der Waals surface area (Å²) in [6.45, 7) is 4.60. The molecule has 0 unspecified atom stereocenters. The first-order chi connectivity index (χ1) is 11.0. The van der Waals surface area contributed by atoms with Crippen LogP contribution in [0.2, 0.25) is 0 Å². The van der Waals surface area contributed by atoms with Crippen LogP contribution < -0.4 is 11.3 Å². The highest BCUT2D eigenvalue weighted by Gasteiger charge is 2.14. The van der Waals surface area contributed by atoms with E-state index in [1.165, 1.54) is 4.88 Å². The fourth-order valence-corrected chi connectivity index (χ4v) is 3.91. The van der Waals surface area contributed by atoms with Crippen molar-refractivity contribution < 1.29 is 0 Å². The van der Waals surface area contributed by atoms with Gasteiger partial charge in [-0.05, 0) is 24.5 Å². The third-order valence-corrected chi connectivity index (χ3v) is 5.22. The van der Waals surface area contributed by atoms with Crippen LogP contribution in [0.3, 0.4) is 0 Å². The van der Waals surface area contributed by atoms with Crippen molar-refractivity contribution in [3.8, 4) is 0 Å². The molecule has 0 saturated heterocycles. The standard InChI is InChI=1S/C17H17N3OS2/c1-3-13-10(2)23-16-14(13)17(21)20(9-19-16)8-11-4-6-12(7-5-11)15(18)22/h4-7,9H,3,8H2,1-2H3,(H2,18,22). The zero-order valence-corrected chi connectivity index (χ0v) is 14.6. The lowest BCUT2D eigenvalue weighted by atomic mass is 10.1. The van der Waals surface area contributed by atoms with E-state index >= 15 is 0 Å². The Hall–Kier alpha value is -2.05. The van der Waals surface area contributed by atoms with Gasteiger partial charge in [-0.3, -0.25) is 9.36 Å². The molecular weight excluding hydrogens is 326 g/mol. The van der Waals surface area contributed by atoms with Gasteiger partial charge in [-0.25, -0.2) is 4.98 Å². The molecule has 6 heteroatoms. The molecule has 0 fully saturated rings. The first kappa shape index (κ1) is 15.8. The molecule has 0 aliphatic rings. The quantitative estimate of drug-likeness (QED) is 0.740. The van der Waals surface area contributed by atoms with Gasteiger partial charge in [-0.15, -0.1) is 11.3 Å². The highest BCUT2D eigenvalue weighted by atomic mass is 32.1. The fraction of sp³-hybridized carbons (Fsp3) is 0.235. The number of thiophene rings is 1. The molecule has 0 bridgehead atoms. The molecule has 3 aromatic rings. The molecule has 0 radical (unpaired) electrons. The largest absolute Gasteiger partial charge is 0.389 e. The summed E-state index contributed by atoms with van der Waals surface area (Å²) < 4.78 is 1.66. The summed E-state index contributed by atoms with van der Waals surface area (Å²) in [7, 11) is 0. The van der Waals surface area contributed by atoms with Crippen LogP contribution in [-0.2, 0) is 13.0 Å². The van der Waals surface area contributed by atoms with Crippen LogP contribution in [0.4, 0.5) is 0 Å². The Morgan fingerprint density at radius 1 is 1.35 bits per heavy atom. The summed E-state index contributed by atoms with van der Waals surface area (Å²) >= 11 is 6.54. The lowest BCUT2D eigenvalue weighted by Crippen LogP contribution is -2.21. The van der Waals surface area contributed by atoms with E-state index in [1.54, 1.807) is 22.2 Å². The van der Waals surface area contributed by atoms with Crippen molar-refractivity contribution in [2.24, 2.45) is 5.73 Å². The topological polar surface area (TPSA) is 60.9 Å². The number of hydrogen-bond acceptors (Lipinski definition) is 4.